The van der Waals surface area contributed by atoms with E-state index >= 15 is 0 Å². The normalized spacial score (nSPS) is 24.9. The van der Waals surface area contributed by atoms with Gasteiger partial charge in [-0.05, 0) is 52.1 Å². The van der Waals surface area contributed by atoms with Crippen molar-refractivity contribution < 1.29 is 0 Å². The predicted molar refractivity (Wildman–Crippen MR) is 110 cm³/mol. The molecule has 0 aromatic carbocycles. The summed E-state index contributed by atoms with van der Waals surface area (Å²) in [6.07, 6.45) is 0. The molecule has 6 heterocycles. The van der Waals surface area contributed by atoms with Crippen molar-refractivity contribution in [2.45, 2.75) is 16.2 Å². The van der Waals surface area contributed by atoms with Crippen LogP contribution < -0.4 is 5.69 Å². The summed E-state index contributed by atoms with van der Waals surface area (Å²) in [5.74, 6) is 0. The summed E-state index contributed by atoms with van der Waals surface area (Å²) in [5, 5.41) is 87.9. The van der Waals surface area contributed by atoms with Gasteiger partial charge in [-0.15, -0.1) is 51.0 Å². The fourth-order valence-corrected chi connectivity index (χ4v) is 6.97. The lowest BCUT2D eigenvalue weighted by Gasteiger charge is -2.29. The fraction of sp³-hybridized carbons (Fsp3) is 0.188. The van der Waals surface area contributed by atoms with Gasteiger partial charge in [-0.1, -0.05) is 0 Å². The van der Waals surface area contributed by atoms with Crippen LogP contribution in [0, 0.1) is 0 Å². The van der Waals surface area contributed by atoms with Crippen LogP contribution in [0.4, 0.5) is 0 Å². The van der Waals surface area contributed by atoms with E-state index in [1.807, 2.05) is 0 Å². The molecule has 1 saturated carbocycles. The highest BCUT2D eigenvalue weighted by Crippen LogP contribution is 2.90. The van der Waals surface area contributed by atoms with E-state index in [2.05, 4.69) is 118 Å². The highest BCUT2D eigenvalue weighted by molar-refractivity contribution is 5.96. The topological polar surface area (TPSA) is 316 Å². The first-order valence-electron chi connectivity index (χ1n) is 11.1. The van der Waals surface area contributed by atoms with E-state index < -0.39 is 21.9 Å². The quantitative estimate of drug-likeness (QED) is 0.191. The predicted octanol–water partition coefficient (Wildman–Crippen LogP) is -5.72. The van der Waals surface area contributed by atoms with E-state index in [1.54, 1.807) is 0 Å². The van der Waals surface area contributed by atoms with E-state index in [1.165, 1.54) is 0 Å². The van der Waals surface area contributed by atoms with Crippen LogP contribution >= 0.6 is 0 Å². The van der Waals surface area contributed by atoms with Gasteiger partial charge in [0, 0.05) is 0 Å². The van der Waals surface area contributed by atoms with Gasteiger partial charge in [0.25, 0.3) is 0 Å². The van der Waals surface area contributed by atoms with Gasteiger partial charge >= 0.3 is 5.69 Å². The Hall–Kier alpha value is -6.49. The maximum Gasteiger partial charge on any atom is 0.361 e. The summed E-state index contributed by atoms with van der Waals surface area (Å²) in [7, 11) is 0. The number of hydrogen-bond acceptors (Lipinski definition) is 23. The zero-order valence-corrected chi connectivity index (χ0v) is 18.7. The highest BCUT2D eigenvalue weighted by Gasteiger charge is 3.01. The molecule has 0 saturated heterocycles. The average molecular weight is 531 g/mol. The second-order valence-electron chi connectivity index (χ2n) is 8.97. The molecule has 6 aromatic heterocycles. The first-order chi connectivity index (χ1) is 19.8. The Bertz CT molecular complexity index is 2090. The van der Waals surface area contributed by atoms with Gasteiger partial charge in [0.15, 0.2) is 0 Å². The molecule has 3 spiro atoms. The molecule has 0 radical (unpaired) electrons. The SMILES string of the molecule is O=c1nc2c(n[nH]1)C13c4nnnnc4-c4nnnnc4C14c1nnnnc1-c1nnnnc1C43c1nnnnc1-2. The Balaban J connectivity index is 1.57. The molecule has 0 amide bonds. The van der Waals surface area contributed by atoms with Gasteiger partial charge in [0.2, 0.25) is 0 Å². The number of fused-ring (bicyclic) bond motifs is 9. The summed E-state index contributed by atoms with van der Waals surface area (Å²) >= 11 is 0. The van der Waals surface area contributed by atoms with Crippen molar-refractivity contribution in [3.05, 3.63) is 44.6 Å². The first kappa shape index (κ1) is 19.6. The summed E-state index contributed by atoms with van der Waals surface area (Å²) < 4.78 is 0. The molecule has 1 N–H and O–H groups in total. The van der Waals surface area contributed by atoms with Crippen molar-refractivity contribution in [1.82, 2.24) is 118 Å². The van der Waals surface area contributed by atoms with Crippen LogP contribution in [0.3, 0.4) is 0 Å². The van der Waals surface area contributed by atoms with Gasteiger partial charge in [0.05, 0.1) is 5.41 Å². The van der Waals surface area contributed by atoms with E-state index in [4.69, 9.17) is 0 Å². The van der Waals surface area contributed by atoms with Crippen molar-refractivity contribution in [3.8, 4) is 34.2 Å². The second-order valence-corrected chi connectivity index (χ2v) is 8.97. The molecule has 1 fully saturated rings. The minimum Gasteiger partial charge on any atom is -0.244 e. The Morgan fingerprint density at radius 3 is 1.05 bits per heavy atom. The largest absolute Gasteiger partial charge is 0.361 e. The number of H-pyrrole nitrogens is 1. The van der Waals surface area contributed by atoms with Crippen molar-refractivity contribution in [2.24, 2.45) is 0 Å². The molecule has 0 bridgehead atoms. The lowest BCUT2D eigenvalue weighted by Crippen LogP contribution is -2.37. The standard InChI is InChI=1S/C16HN23O/c40-13-17-1-2-8(24-35-30-18-2)15-10-5(21-33-37-26-10)6-12(28-39-34-22-6)16(15)11-4(20-32-38-27-11)3-9(25-36-31-19-3)14(15,16)7(1)23-29-13/h(H,17,29,40). The Morgan fingerprint density at radius 2 is 0.675 bits per heavy atom. The van der Waals surface area contributed by atoms with Gasteiger partial charge in [0.1, 0.15) is 79.2 Å². The molecular weight excluding hydrogens is 530 g/mol. The number of aromatic nitrogens is 23. The van der Waals surface area contributed by atoms with Crippen molar-refractivity contribution in [2.75, 3.05) is 0 Å². The number of rotatable bonds is 0. The maximum atomic E-state index is 12.5. The minimum atomic E-state index is -1.57. The molecule has 4 aliphatic carbocycles. The van der Waals surface area contributed by atoms with Gasteiger partial charge in [-0.25, -0.2) is 9.89 Å². The van der Waals surface area contributed by atoms with Crippen LogP contribution in [0.15, 0.2) is 4.79 Å². The molecule has 186 valence electrons. The Labute approximate surface area is 213 Å². The first-order valence-corrected chi connectivity index (χ1v) is 11.1. The zero-order chi connectivity index (χ0) is 26.3. The van der Waals surface area contributed by atoms with Crippen LogP contribution in [0.5, 0.6) is 0 Å². The van der Waals surface area contributed by atoms with Crippen LogP contribution in [-0.4, -0.2) is 118 Å². The van der Waals surface area contributed by atoms with Crippen molar-refractivity contribution >= 4 is 0 Å². The zero-order valence-electron chi connectivity index (χ0n) is 18.7. The number of hydrogen-bond donors (Lipinski definition) is 1. The van der Waals surface area contributed by atoms with Gasteiger partial charge in [-0.2, -0.15) is 10.1 Å². The third-order valence-corrected chi connectivity index (χ3v) is 7.90. The molecule has 3 atom stereocenters. The Morgan fingerprint density at radius 1 is 0.375 bits per heavy atom. The lowest BCUT2D eigenvalue weighted by atomic mass is 9.75. The monoisotopic (exact) mass is 531 g/mol. The molecular formula is C16HN23O. The number of nitrogens with zero attached hydrogens (tertiary/aromatic N) is 22. The van der Waals surface area contributed by atoms with Gasteiger partial charge in [-0.3, -0.25) is 0 Å². The summed E-state index contributed by atoms with van der Waals surface area (Å²) in [6.45, 7) is 0. The van der Waals surface area contributed by atoms with E-state index in [0.717, 1.165) is 0 Å². The molecule has 0 aliphatic heterocycles. The fourth-order valence-electron chi connectivity index (χ4n) is 6.97. The summed E-state index contributed by atoms with van der Waals surface area (Å²) in [4.78, 5) is 16.7. The molecule has 24 heteroatoms. The Kier molecular flexibility index (Phi) is 2.93. The number of nitrogens with one attached hydrogen (secondary N) is 1. The van der Waals surface area contributed by atoms with E-state index in [0.29, 0.717) is 0 Å². The highest BCUT2D eigenvalue weighted by atomic mass is 16.1. The number of aromatic amines is 1. The van der Waals surface area contributed by atoms with Crippen LogP contribution in [0.2, 0.25) is 0 Å². The molecule has 10 rings (SSSR count). The van der Waals surface area contributed by atoms with Crippen molar-refractivity contribution in [3.63, 3.8) is 0 Å². The third-order valence-electron chi connectivity index (χ3n) is 7.90. The van der Waals surface area contributed by atoms with E-state index in [9.17, 15) is 4.79 Å². The molecule has 3 unspecified atom stereocenters. The molecule has 4 aliphatic rings. The molecule has 6 aromatic rings. The average Bonchev–Trinajstić information content (AvgIpc) is 3.65. The minimum absolute atomic E-state index is 0.0385. The van der Waals surface area contributed by atoms with Gasteiger partial charge < -0.3 is 0 Å². The third kappa shape index (κ3) is 1.62. The molecule has 40 heavy (non-hydrogen) atoms. The second kappa shape index (κ2) is 5.97. The van der Waals surface area contributed by atoms with E-state index in [-0.39, 0.29) is 68.3 Å². The lowest BCUT2D eigenvalue weighted by molar-refractivity contribution is 0.532. The van der Waals surface area contributed by atoms with Crippen LogP contribution in [-0.2, 0) is 16.2 Å². The van der Waals surface area contributed by atoms with Crippen LogP contribution in [0.25, 0.3) is 34.2 Å². The van der Waals surface area contributed by atoms with Crippen LogP contribution in [0.1, 0.15) is 34.2 Å². The summed E-state index contributed by atoms with van der Waals surface area (Å²) in [5.41, 5.74) is -3.64. The van der Waals surface area contributed by atoms with Crippen molar-refractivity contribution in [1.29, 1.82) is 0 Å². The summed E-state index contributed by atoms with van der Waals surface area (Å²) in [6, 6.07) is 0. The smallest absolute Gasteiger partial charge is 0.244 e. The maximum absolute atomic E-state index is 12.5. The molecule has 24 nitrogen and oxygen atoms in total.